The van der Waals surface area contributed by atoms with Crippen LogP contribution in [-0.4, -0.2) is 12.2 Å². The Bertz CT molecular complexity index is 257. The quantitative estimate of drug-likeness (QED) is 0.269. The van der Waals surface area contributed by atoms with Crippen LogP contribution in [0.2, 0.25) is 0 Å². The molecular weight excluding hydrogens is 152 g/mol. The Morgan fingerprint density at radius 2 is 2.50 bits per heavy atom. The van der Waals surface area contributed by atoms with E-state index >= 15 is 0 Å². The van der Waals surface area contributed by atoms with Crippen LogP contribution in [0.3, 0.4) is 0 Å². The summed E-state index contributed by atoms with van der Waals surface area (Å²) >= 11 is 0. The highest BCUT2D eigenvalue weighted by Gasteiger charge is 2.17. The van der Waals surface area contributed by atoms with Crippen molar-refractivity contribution in [1.29, 1.82) is 0 Å². The Morgan fingerprint density at radius 3 is 2.92 bits per heavy atom. The molecule has 1 aliphatic rings. The number of rotatable bonds is 2. The Kier molecular flexibility index (Phi) is 3.01. The lowest BCUT2D eigenvalue weighted by molar-refractivity contribution is -0.105. The molecule has 64 valence electrons. The summed E-state index contributed by atoms with van der Waals surface area (Å²) in [6.45, 7) is 2.07. The molecule has 2 heteroatoms. The SMILES string of the molecule is CC1=CCC(C(=C=O)C=O)CC1. The molecular formula is C10H12O2. The number of carbonyl (C=O) groups is 1. The zero-order valence-electron chi connectivity index (χ0n) is 7.17. The maximum atomic E-state index is 10.4. The summed E-state index contributed by atoms with van der Waals surface area (Å²) in [5.74, 6) is 1.82. The van der Waals surface area contributed by atoms with Crippen molar-refractivity contribution in [1.82, 2.24) is 0 Å². The van der Waals surface area contributed by atoms with Gasteiger partial charge in [-0.15, -0.1) is 0 Å². The summed E-state index contributed by atoms with van der Waals surface area (Å²) in [5, 5.41) is 0. The second kappa shape index (κ2) is 4.03. The van der Waals surface area contributed by atoms with Gasteiger partial charge in [0.1, 0.15) is 5.94 Å². The molecule has 1 rings (SSSR count). The van der Waals surface area contributed by atoms with Crippen molar-refractivity contribution in [3.63, 3.8) is 0 Å². The van der Waals surface area contributed by atoms with Crippen molar-refractivity contribution in [2.75, 3.05) is 0 Å². The zero-order valence-corrected chi connectivity index (χ0v) is 7.17. The number of hydrogen-bond donors (Lipinski definition) is 0. The summed E-state index contributed by atoms with van der Waals surface area (Å²) in [5.41, 5.74) is 1.64. The molecule has 0 aliphatic heterocycles. The van der Waals surface area contributed by atoms with Crippen LogP contribution in [0.25, 0.3) is 0 Å². The smallest absolute Gasteiger partial charge is 0.157 e. The van der Waals surface area contributed by atoms with Gasteiger partial charge in [-0.3, -0.25) is 4.79 Å². The largest absolute Gasteiger partial charge is 0.297 e. The molecule has 1 unspecified atom stereocenters. The van der Waals surface area contributed by atoms with Crippen LogP contribution in [0, 0.1) is 5.92 Å². The van der Waals surface area contributed by atoms with E-state index in [2.05, 4.69) is 13.0 Å². The first-order valence-corrected chi connectivity index (χ1v) is 4.13. The minimum atomic E-state index is 0.115. The third kappa shape index (κ3) is 1.93. The average molecular weight is 164 g/mol. The van der Waals surface area contributed by atoms with E-state index in [0.29, 0.717) is 11.9 Å². The van der Waals surface area contributed by atoms with Gasteiger partial charge in [-0.25, -0.2) is 4.79 Å². The standard InChI is InChI=1S/C10H12O2/c1-8-2-4-9(5-3-8)10(6-11)7-12/h2,6,9H,3-5H2,1H3. The summed E-state index contributed by atoms with van der Waals surface area (Å²) in [4.78, 5) is 20.7. The minimum Gasteiger partial charge on any atom is -0.297 e. The van der Waals surface area contributed by atoms with Gasteiger partial charge in [0.25, 0.3) is 0 Å². The van der Waals surface area contributed by atoms with E-state index in [-0.39, 0.29) is 5.92 Å². The maximum absolute atomic E-state index is 10.4. The summed E-state index contributed by atoms with van der Waals surface area (Å²) in [6, 6.07) is 0. The summed E-state index contributed by atoms with van der Waals surface area (Å²) in [6.07, 6.45) is 5.44. The fourth-order valence-corrected chi connectivity index (χ4v) is 1.45. The van der Waals surface area contributed by atoms with Gasteiger partial charge >= 0.3 is 0 Å². The van der Waals surface area contributed by atoms with Crippen molar-refractivity contribution < 1.29 is 9.59 Å². The first-order chi connectivity index (χ1) is 5.77. The number of allylic oxidation sites excluding steroid dienone is 3. The molecule has 0 aromatic heterocycles. The molecule has 0 N–H and O–H groups in total. The van der Waals surface area contributed by atoms with Gasteiger partial charge < -0.3 is 0 Å². The van der Waals surface area contributed by atoms with Crippen LogP contribution in [0.1, 0.15) is 26.2 Å². The van der Waals surface area contributed by atoms with E-state index < -0.39 is 0 Å². The van der Waals surface area contributed by atoms with E-state index in [1.165, 1.54) is 5.57 Å². The molecule has 0 saturated heterocycles. The van der Waals surface area contributed by atoms with Gasteiger partial charge in [-0.05, 0) is 26.2 Å². The molecule has 0 amide bonds. The van der Waals surface area contributed by atoms with Gasteiger partial charge in [0.15, 0.2) is 6.29 Å². The molecule has 1 atom stereocenters. The lowest BCUT2D eigenvalue weighted by Crippen LogP contribution is -2.09. The molecule has 0 saturated carbocycles. The number of hydrogen-bond acceptors (Lipinski definition) is 2. The number of aldehydes is 1. The van der Waals surface area contributed by atoms with E-state index in [1.54, 1.807) is 5.94 Å². The predicted molar refractivity (Wildman–Crippen MR) is 46.4 cm³/mol. The van der Waals surface area contributed by atoms with Crippen molar-refractivity contribution in [2.24, 2.45) is 5.92 Å². The topological polar surface area (TPSA) is 34.1 Å². The molecule has 0 aromatic rings. The lowest BCUT2D eigenvalue weighted by Gasteiger charge is -2.17. The van der Waals surface area contributed by atoms with Crippen molar-refractivity contribution in [3.8, 4) is 0 Å². The Labute approximate surface area is 72.0 Å². The zero-order chi connectivity index (χ0) is 8.97. The van der Waals surface area contributed by atoms with Crippen LogP contribution in [0.15, 0.2) is 17.2 Å². The van der Waals surface area contributed by atoms with Crippen molar-refractivity contribution in [2.45, 2.75) is 26.2 Å². The van der Waals surface area contributed by atoms with Crippen LogP contribution in [0.4, 0.5) is 0 Å². The highest BCUT2D eigenvalue weighted by atomic mass is 16.1. The average Bonchev–Trinajstić information content (AvgIpc) is 2.10. The molecule has 2 nitrogen and oxygen atoms in total. The van der Waals surface area contributed by atoms with Gasteiger partial charge in [0.05, 0.1) is 5.57 Å². The lowest BCUT2D eigenvalue weighted by atomic mass is 9.86. The van der Waals surface area contributed by atoms with E-state index in [4.69, 9.17) is 0 Å². The second-order valence-corrected chi connectivity index (χ2v) is 3.20. The monoisotopic (exact) mass is 164 g/mol. The molecule has 0 heterocycles. The first kappa shape index (κ1) is 8.95. The Morgan fingerprint density at radius 1 is 1.75 bits per heavy atom. The normalized spacial score (nSPS) is 22.4. The molecule has 1 aliphatic carbocycles. The molecule has 0 fully saturated rings. The Hall–Kier alpha value is -1.14. The van der Waals surface area contributed by atoms with Gasteiger partial charge in [-0.1, -0.05) is 11.6 Å². The Balaban J connectivity index is 2.68. The molecule has 12 heavy (non-hydrogen) atoms. The van der Waals surface area contributed by atoms with E-state index in [1.807, 2.05) is 0 Å². The highest BCUT2D eigenvalue weighted by molar-refractivity contribution is 5.86. The first-order valence-electron chi connectivity index (χ1n) is 4.13. The molecule has 0 aromatic carbocycles. The third-order valence-electron chi connectivity index (χ3n) is 2.32. The van der Waals surface area contributed by atoms with Gasteiger partial charge in [-0.2, -0.15) is 0 Å². The maximum Gasteiger partial charge on any atom is 0.157 e. The highest BCUT2D eigenvalue weighted by Crippen LogP contribution is 2.26. The molecule has 0 spiro atoms. The fraction of sp³-hybridized carbons (Fsp3) is 0.500. The van der Waals surface area contributed by atoms with E-state index in [0.717, 1.165) is 19.3 Å². The second-order valence-electron chi connectivity index (χ2n) is 3.20. The van der Waals surface area contributed by atoms with Crippen LogP contribution in [-0.2, 0) is 9.59 Å². The van der Waals surface area contributed by atoms with Crippen molar-refractivity contribution in [3.05, 3.63) is 17.2 Å². The minimum absolute atomic E-state index is 0.115. The predicted octanol–water partition coefficient (Wildman–Crippen LogP) is 1.69. The fourth-order valence-electron chi connectivity index (χ4n) is 1.45. The van der Waals surface area contributed by atoms with Gasteiger partial charge in [0.2, 0.25) is 0 Å². The van der Waals surface area contributed by atoms with Crippen LogP contribution >= 0.6 is 0 Å². The van der Waals surface area contributed by atoms with Gasteiger partial charge in [0, 0.05) is 5.92 Å². The number of carbonyl (C=O) groups excluding carboxylic acids is 2. The van der Waals surface area contributed by atoms with E-state index in [9.17, 15) is 9.59 Å². The van der Waals surface area contributed by atoms with Crippen molar-refractivity contribution >= 4 is 12.2 Å². The molecule has 0 bridgehead atoms. The summed E-state index contributed by atoms with van der Waals surface area (Å²) < 4.78 is 0. The third-order valence-corrected chi connectivity index (χ3v) is 2.32. The van der Waals surface area contributed by atoms with Crippen LogP contribution < -0.4 is 0 Å². The van der Waals surface area contributed by atoms with Crippen LogP contribution in [0.5, 0.6) is 0 Å². The molecule has 0 radical (unpaired) electrons. The summed E-state index contributed by atoms with van der Waals surface area (Å²) in [7, 11) is 0.